The van der Waals surface area contributed by atoms with Gasteiger partial charge in [0.15, 0.2) is 0 Å². The van der Waals surface area contributed by atoms with Crippen LogP contribution in [0.1, 0.15) is 30.0 Å². The van der Waals surface area contributed by atoms with E-state index in [0.717, 1.165) is 26.3 Å². The van der Waals surface area contributed by atoms with Gasteiger partial charge >= 0.3 is 0 Å². The van der Waals surface area contributed by atoms with Gasteiger partial charge in [-0.05, 0) is 36.8 Å². The Kier molecular flexibility index (Phi) is 6.59. The summed E-state index contributed by atoms with van der Waals surface area (Å²) in [5.41, 5.74) is 3.42. The predicted octanol–water partition coefficient (Wildman–Crippen LogP) is 5.09. The molecule has 0 aliphatic heterocycles. The highest BCUT2D eigenvalue weighted by Gasteiger charge is 2.17. The van der Waals surface area contributed by atoms with Crippen LogP contribution in [0.4, 0.5) is 5.69 Å². The van der Waals surface area contributed by atoms with Crippen molar-refractivity contribution in [2.45, 2.75) is 26.3 Å². The molecule has 1 atom stereocenters. The molecular formula is C21H20BrN3O2S. The highest BCUT2D eigenvalue weighted by Crippen LogP contribution is 2.25. The molecule has 1 unspecified atom stereocenters. The fraction of sp³-hybridized carbons (Fsp3) is 0.190. The van der Waals surface area contributed by atoms with Crippen LogP contribution in [0.15, 0.2) is 58.4 Å². The van der Waals surface area contributed by atoms with Crippen molar-refractivity contribution in [2.75, 3.05) is 5.32 Å². The van der Waals surface area contributed by atoms with Gasteiger partial charge in [-0.15, -0.1) is 11.3 Å². The molecule has 2 N–H and O–H groups in total. The van der Waals surface area contributed by atoms with Crippen molar-refractivity contribution in [3.05, 3.63) is 69.0 Å². The summed E-state index contributed by atoms with van der Waals surface area (Å²) in [6.07, 6.45) is 0.140. The summed E-state index contributed by atoms with van der Waals surface area (Å²) in [5, 5.41) is 8.76. The van der Waals surface area contributed by atoms with Crippen molar-refractivity contribution in [1.82, 2.24) is 10.3 Å². The molecule has 5 nitrogen and oxygen atoms in total. The standard InChI is InChI=1S/C21H20BrN3O2S/c1-13(26)23-19(15-6-8-17(22)9-7-15)11-21(27)25-18-5-3-4-16(10-18)20-12-28-14(2)24-20/h3-10,12,19H,11H2,1-2H3,(H,23,26)(H,25,27). The number of nitrogens with zero attached hydrogens (tertiary/aromatic N) is 1. The van der Waals surface area contributed by atoms with E-state index in [4.69, 9.17) is 0 Å². The van der Waals surface area contributed by atoms with Crippen LogP contribution in [-0.2, 0) is 9.59 Å². The first-order chi connectivity index (χ1) is 13.4. The molecule has 0 fully saturated rings. The van der Waals surface area contributed by atoms with Crippen LogP contribution in [0.3, 0.4) is 0 Å². The van der Waals surface area contributed by atoms with Gasteiger partial charge in [0.05, 0.1) is 23.2 Å². The van der Waals surface area contributed by atoms with E-state index >= 15 is 0 Å². The van der Waals surface area contributed by atoms with Gasteiger partial charge in [0.1, 0.15) is 0 Å². The van der Waals surface area contributed by atoms with Crippen molar-refractivity contribution in [1.29, 1.82) is 0 Å². The number of hydrogen-bond donors (Lipinski definition) is 2. The van der Waals surface area contributed by atoms with Crippen LogP contribution >= 0.6 is 27.3 Å². The summed E-state index contributed by atoms with van der Waals surface area (Å²) in [6, 6.07) is 14.8. The van der Waals surface area contributed by atoms with Gasteiger partial charge in [-0.25, -0.2) is 4.98 Å². The van der Waals surface area contributed by atoms with Gasteiger partial charge in [0, 0.05) is 28.0 Å². The second-order valence-corrected chi connectivity index (χ2v) is 8.37. The van der Waals surface area contributed by atoms with Gasteiger partial charge in [-0.1, -0.05) is 40.2 Å². The molecule has 2 amide bonds. The highest BCUT2D eigenvalue weighted by molar-refractivity contribution is 9.10. The van der Waals surface area contributed by atoms with Crippen LogP contribution in [0.25, 0.3) is 11.3 Å². The number of hydrogen-bond acceptors (Lipinski definition) is 4. The van der Waals surface area contributed by atoms with Gasteiger partial charge in [0.25, 0.3) is 0 Å². The number of aromatic nitrogens is 1. The first-order valence-corrected chi connectivity index (χ1v) is 10.4. The molecule has 28 heavy (non-hydrogen) atoms. The molecule has 3 aromatic rings. The van der Waals surface area contributed by atoms with Gasteiger partial charge < -0.3 is 10.6 Å². The van der Waals surface area contributed by atoms with Crippen molar-refractivity contribution >= 4 is 44.8 Å². The number of thiazole rings is 1. The Morgan fingerprint density at radius 3 is 2.57 bits per heavy atom. The molecule has 0 saturated heterocycles. The molecular weight excluding hydrogens is 438 g/mol. The van der Waals surface area contributed by atoms with Gasteiger partial charge in [-0.2, -0.15) is 0 Å². The lowest BCUT2D eigenvalue weighted by Gasteiger charge is -2.18. The van der Waals surface area contributed by atoms with Crippen LogP contribution in [0, 0.1) is 6.92 Å². The smallest absolute Gasteiger partial charge is 0.226 e. The molecule has 0 saturated carbocycles. The number of nitrogens with one attached hydrogen (secondary N) is 2. The van der Waals surface area contributed by atoms with E-state index in [-0.39, 0.29) is 18.2 Å². The summed E-state index contributed by atoms with van der Waals surface area (Å²) in [6.45, 7) is 3.41. The third-order valence-electron chi connectivity index (χ3n) is 4.10. The van der Waals surface area contributed by atoms with Crippen LogP contribution in [0.5, 0.6) is 0 Å². The average molecular weight is 458 g/mol. The average Bonchev–Trinajstić information content (AvgIpc) is 3.08. The lowest BCUT2D eigenvalue weighted by Crippen LogP contribution is -2.29. The fourth-order valence-corrected chi connectivity index (χ4v) is 3.73. The van der Waals surface area contributed by atoms with Gasteiger partial charge in [0.2, 0.25) is 11.8 Å². The number of rotatable bonds is 6. The summed E-state index contributed by atoms with van der Waals surface area (Å²) in [7, 11) is 0. The normalized spacial score (nSPS) is 11.7. The highest BCUT2D eigenvalue weighted by atomic mass is 79.9. The Hall–Kier alpha value is -2.51. The number of amides is 2. The zero-order chi connectivity index (χ0) is 20.1. The monoisotopic (exact) mass is 457 g/mol. The fourth-order valence-electron chi connectivity index (χ4n) is 2.84. The Morgan fingerprint density at radius 2 is 1.93 bits per heavy atom. The minimum Gasteiger partial charge on any atom is -0.349 e. The molecule has 144 valence electrons. The molecule has 1 aromatic heterocycles. The maximum Gasteiger partial charge on any atom is 0.226 e. The number of anilines is 1. The van der Waals surface area contributed by atoms with Crippen LogP contribution in [-0.4, -0.2) is 16.8 Å². The predicted molar refractivity (Wildman–Crippen MR) is 116 cm³/mol. The Labute approximate surface area is 176 Å². The van der Waals surface area contributed by atoms with Crippen molar-refractivity contribution in [3.8, 4) is 11.3 Å². The van der Waals surface area contributed by atoms with E-state index in [9.17, 15) is 9.59 Å². The first kappa shape index (κ1) is 20.2. The SMILES string of the molecule is CC(=O)NC(CC(=O)Nc1cccc(-c2csc(C)n2)c1)c1ccc(Br)cc1. The van der Waals surface area contributed by atoms with E-state index in [0.29, 0.717) is 5.69 Å². The minimum absolute atomic E-state index is 0.140. The summed E-state index contributed by atoms with van der Waals surface area (Å²) in [4.78, 5) is 28.7. The summed E-state index contributed by atoms with van der Waals surface area (Å²) >= 11 is 4.99. The van der Waals surface area contributed by atoms with Crippen LogP contribution < -0.4 is 10.6 Å². The van der Waals surface area contributed by atoms with E-state index in [1.54, 1.807) is 11.3 Å². The molecule has 0 aliphatic rings. The second kappa shape index (κ2) is 9.12. The molecule has 7 heteroatoms. The van der Waals surface area contributed by atoms with Crippen molar-refractivity contribution in [3.63, 3.8) is 0 Å². The lowest BCUT2D eigenvalue weighted by atomic mass is 10.0. The molecule has 0 bridgehead atoms. The molecule has 0 aliphatic carbocycles. The Balaban J connectivity index is 1.72. The molecule has 3 rings (SSSR count). The quantitative estimate of drug-likeness (QED) is 0.541. The van der Waals surface area contributed by atoms with E-state index in [1.807, 2.05) is 60.8 Å². The van der Waals surface area contributed by atoms with Crippen LogP contribution in [0.2, 0.25) is 0 Å². The zero-order valence-electron chi connectivity index (χ0n) is 15.5. The summed E-state index contributed by atoms with van der Waals surface area (Å²) < 4.78 is 0.941. The zero-order valence-corrected chi connectivity index (χ0v) is 17.9. The molecule has 2 aromatic carbocycles. The minimum atomic E-state index is -0.394. The third-order valence-corrected chi connectivity index (χ3v) is 5.40. The van der Waals surface area contributed by atoms with Crippen molar-refractivity contribution in [2.24, 2.45) is 0 Å². The second-order valence-electron chi connectivity index (χ2n) is 6.39. The number of aryl methyl sites for hydroxylation is 1. The van der Waals surface area contributed by atoms with E-state index < -0.39 is 6.04 Å². The first-order valence-electron chi connectivity index (χ1n) is 8.75. The maximum absolute atomic E-state index is 12.6. The number of benzene rings is 2. The largest absolute Gasteiger partial charge is 0.349 e. The molecule has 0 spiro atoms. The summed E-state index contributed by atoms with van der Waals surface area (Å²) in [5.74, 6) is -0.352. The lowest BCUT2D eigenvalue weighted by molar-refractivity contribution is -0.120. The Morgan fingerprint density at radius 1 is 1.18 bits per heavy atom. The Bertz CT molecular complexity index is 985. The van der Waals surface area contributed by atoms with E-state index in [1.165, 1.54) is 6.92 Å². The number of carbonyl (C=O) groups is 2. The third kappa shape index (κ3) is 5.50. The molecule has 0 radical (unpaired) electrons. The van der Waals surface area contributed by atoms with Gasteiger partial charge in [-0.3, -0.25) is 9.59 Å². The number of halogens is 1. The topological polar surface area (TPSA) is 71.1 Å². The molecule has 1 heterocycles. The van der Waals surface area contributed by atoms with Crippen molar-refractivity contribution < 1.29 is 9.59 Å². The maximum atomic E-state index is 12.6. The number of carbonyl (C=O) groups excluding carboxylic acids is 2. The van der Waals surface area contributed by atoms with E-state index in [2.05, 4.69) is 31.5 Å².